The van der Waals surface area contributed by atoms with Gasteiger partial charge in [-0.2, -0.15) is 0 Å². The number of piperidine rings is 1. The van der Waals surface area contributed by atoms with E-state index in [-0.39, 0.29) is 5.63 Å². The number of likely N-dealkylation sites (tertiary alicyclic amines) is 1. The summed E-state index contributed by atoms with van der Waals surface area (Å²) in [5, 5.41) is 1.69. The molecule has 0 amide bonds. The minimum atomic E-state index is -0.276. The molecule has 118 valence electrons. The molecule has 1 aromatic carbocycles. The van der Waals surface area contributed by atoms with Gasteiger partial charge in [-0.25, -0.2) is 4.79 Å². The molecule has 1 saturated heterocycles. The fraction of sp³-hybridized carbons (Fsp3) is 0.500. The molecule has 0 bridgehead atoms. The molecule has 0 saturated carbocycles. The Kier molecular flexibility index (Phi) is 4.28. The van der Waals surface area contributed by atoms with Crippen molar-refractivity contribution in [2.45, 2.75) is 33.7 Å². The molecule has 2 heterocycles. The van der Waals surface area contributed by atoms with Crippen LogP contribution in [0, 0.1) is 18.8 Å². The van der Waals surface area contributed by atoms with Gasteiger partial charge in [-0.15, -0.1) is 0 Å². The SMILES string of the molecule is Cc1cc2oc(=O)cc(C[NH+]3C[C@H](C)C[C@@H](C)C3)c2cc1Cl. The third kappa shape index (κ3) is 3.21. The molecule has 1 aromatic heterocycles. The molecule has 1 aliphatic rings. The quantitative estimate of drug-likeness (QED) is 0.864. The summed E-state index contributed by atoms with van der Waals surface area (Å²) in [5.74, 6) is 1.46. The van der Waals surface area contributed by atoms with E-state index in [0.29, 0.717) is 5.58 Å². The summed E-state index contributed by atoms with van der Waals surface area (Å²) in [6.45, 7) is 9.72. The Hall–Kier alpha value is -1.32. The summed E-state index contributed by atoms with van der Waals surface area (Å²) in [6, 6.07) is 5.42. The summed E-state index contributed by atoms with van der Waals surface area (Å²) >= 11 is 6.26. The summed E-state index contributed by atoms with van der Waals surface area (Å²) < 4.78 is 5.35. The highest BCUT2D eigenvalue weighted by Crippen LogP contribution is 2.25. The van der Waals surface area contributed by atoms with Gasteiger partial charge in [0, 0.05) is 33.9 Å². The van der Waals surface area contributed by atoms with Gasteiger partial charge >= 0.3 is 5.63 Å². The number of quaternary nitrogens is 1. The second kappa shape index (κ2) is 6.05. The Balaban J connectivity index is 1.99. The highest BCUT2D eigenvalue weighted by Gasteiger charge is 2.26. The van der Waals surface area contributed by atoms with Crippen LogP contribution >= 0.6 is 11.6 Å². The van der Waals surface area contributed by atoms with Crippen LogP contribution in [0.5, 0.6) is 0 Å². The molecule has 0 unspecified atom stereocenters. The molecule has 2 atom stereocenters. The highest BCUT2D eigenvalue weighted by atomic mass is 35.5. The van der Waals surface area contributed by atoms with Crippen molar-refractivity contribution in [3.05, 3.63) is 44.8 Å². The zero-order valence-corrected chi connectivity index (χ0v) is 14.2. The Morgan fingerprint density at radius 3 is 2.59 bits per heavy atom. The topological polar surface area (TPSA) is 34.6 Å². The van der Waals surface area contributed by atoms with Gasteiger partial charge < -0.3 is 9.32 Å². The predicted octanol–water partition coefficient (Wildman–Crippen LogP) is 2.82. The number of nitrogens with one attached hydrogen (secondary N) is 1. The first-order valence-electron chi connectivity index (χ1n) is 7.99. The van der Waals surface area contributed by atoms with Crippen LogP contribution in [0.15, 0.2) is 27.4 Å². The van der Waals surface area contributed by atoms with Gasteiger partial charge in [0.1, 0.15) is 12.1 Å². The van der Waals surface area contributed by atoms with E-state index in [1.165, 1.54) is 11.3 Å². The van der Waals surface area contributed by atoms with Crippen LogP contribution < -0.4 is 10.5 Å². The van der Waals surface area contributed by atoms with Crippen LogP contribution in [0.4, 0.5) is 0 Å². The van der Waals surface area contributed by atoms with Gasteiger partial charge in [0.05, 0.1) is 13.1 Å². The second-order valence-electron chi connectivity index (χ2n) is 6.97. The van der Waals surface area contributed by atoms with E-state index in [4.69, 9.17) is 16.0 Å². The number of hydrogen-bond acceptors (Lipinski definition) is 2. The van der Waals surface area contributed by atoms with Gasteiger partial charge in [-0.3, -0.25) is 0 Å². The van der Waals surface area contributed by atoms with Crippen LogP contribution in [-0.4, -0.2) is 13.1 Å². The first kappa shape index (κ1) is 15.6. The van der Waals surface area contributed by atoms with Crippen molar-refractivity contribution in [2.24, 2.45) is 11.8 Å². The maximum absolute atomic E-state index is 11.9. The zero-order chi connectivity index (χ0) is 15.9. The maximum Gasteiger partial charge on any atom is 0.336 e. The third-order valence-electron chi connectivity index (χ3n) is 4.63. The van der Waals surface area contributed by atoms with Crippen molar-refractivity contribution in [3.8, 4) is 0 Å². The van der Waals surface area contributed by atoms with Crippen molar-refractivity contribution in [1.82, 2.24) is 0 Å². The lowest BCUT2D eigenvalue weighted by Crippen LogP contribution is -3.13. The number of benzene rings is 1. The molecule has 0 radical (unpaired) electrons. The van der Waals surface area contributed by atoms with Crippen LogP contribution in [0.3, 0.4) is 0 Å². The fourth-order valence-corrected chi connectivity index (χ4v) is 3.99. The van der Waals surface area contributed by atoms with Crippen molar-refractivity contribution < 1.29 is 9.32 Å². The molecule has 1 N–H and O–H groups in total. The normalized spacial score (nSPS) is 25.5. The Bertz CT molecular complexity index is 743. The van der Waals surface area contributed by atoms with E-state index < -0.39 is 0 Å². The first-order chi connectivity index (χ1) is 10.4. The molecule has 0 spiro atoms. The van der Waals surface area contributed by atoms with Gasteiger partial charge in [0.25, 0.3) is 0 Å². The lowest BCUT2D eigenvalue weighted by Gasteiger charge is -2.32. The summed E-state index contributed by atoms with van der Waals surface area (Å²) in [4.78, 5) is 13.4. The lowest BCUT2D eigenvalue weighted by molar-refractivity contribution is -0.925. The van der Waals surface area contributed by atoms with E-state index in [1.54, 1.807) is 6.07 Å². The van der Waals surface area contributed by atoms with Crippen molar-refractivity contribution >= 4 is 22.6 Å². The number of hydrogen-bond donors (Lipinski definition) is 1. The molecule has 3 rings (SSSR count). The molecule has 4 heteroatoms. The largest absolute Gasteiger partial charge is 0.423 e. The number of fused-ring (bicyclic) bond motifs is 1. The van der Waals surface area contributed by atoms with Crippen LogP contribution in [0.1, 0.15) is 31.4 Å². The fourth-order valence-electron chi connectivity index (χ4n) is 3.83. The predicted molar refractivity (Wildman–Crippen MR) is 89.6 cm³/mol. The minimum Gasteiger partial charge on any atom is -0.423 e. The second-order valence-corrected chi connectivity index (χ2v) is 7.38. The molecule has 1 fully saturated rings. The van der Waals surface area contributed by atoms with E-state index >= 15 is 0 Å². The number of rotatable bonds is 2. The minimum absolute atomic E-state index is 0.276. The number of aryl methyl sites for hydroxylation is 1. The third-order valence-corrected chi connectivity index (χ3v) is 5.04. The maximum atomic E-state index is 11.9. The average Bonchev–Trinajstić information content (AvgIpc) is 2.39. The molecule has 22 heavy (non-hydrogen) atoms. The molecule has 0 aliphatic carbocycles. The monoisotopic (exact) mass is 320 g/mol. The molecule has 3 nitrogen and oxygen atoms in total. The Labute approximate surface area is 135 Å². The van der Waals surface area contributed by atoms with Gasteiger partial charge in [0.2, 0.25) is 0 Å². The summed E-state index contributed by atoms with van der Waals surface area (Å²) in [5.41, 5.74) is 2.34. The van der Waals surface area contributed by atoms with Gasteiger partial charge in [-0.05, 0) is 31.0 Å². The van der Waals surface area contributed by atoms with E-state index in [9.17, 15) is 4.79 Å². The van der Waals surface area contributed by atoms with E-state index in [0.717, 1.165) is 53.0 Å². The molecular weight excluding hydrogens is 298 g/mol. The standard InChI is InChI=1S/C18H22ClNO2/c1-11-4-12(2)9-20(8-11)10-14-6-18(21)22-17-5-13(3)16(19)7-15(14)17/h5-7,11-12H,4,8-10H2,1-3H3/p+1/t11-,12-/m1/s1. The van der Waals surface area contributed by atoms with Crippen LogP contribution in [0.2, 0.25) is 5.02 Å². The smallest absolute Gasteiger partial charge is 0.336 e. The summed E-state index contributed by atoms with van der Waals surface area (Å²) in [6.07, 6.45) is 1.30. The molecule has 2 aromatic rings. The Morgan fingerprint density at radius 1 is 1.23 bits per heavy atom. The van der Waals surface area contributed by atoms with Gasteiger partial charge in [-0.1, -0.05) is 25.4 Å². The van der Waals surface area contributed by atoms with Crippen LogP contribution in [-0.2, 0) is 6.54 Å². The van der Waals surface area contributed by atoms with E-state index in [2.05, 4.69) is 13.8 Å². The highest BCUT2D eigenvalue weighted by molar-refractivity contribution is 6.32. The van der Waals surface area contributed by atoms with E-state index in [1.807, 2.05) is 19.1 Å². The zero-order valence-electron chi connectivity index (χ0n) is 13.4. The van der Waals surface area contributed by atoms with Crippen molar-refractivity contribution in [1.29, 1.82) is 0 Å². The summed E-state index contributed by atoms with van der Waals surface area (Å²) in [7, 11) is 0. The lowest BCUT2D eigenvalue weighted by atomic mass is 9.91. The van der Waals surface area contributed by atoms with Gasteiger partial charge in [0.15, 0.2) is 0 Å². The Morgan fingerprint density at radius 2 is 1.91 bits per heavy atom. The molecular formula is C18H23ClNO2+. The average molecular weight is 321 g/mol. The first-order valence-corrected chi connectivity index (χ1v) is 8.36. The van der Waals surface area contributed by atoms with Crippen LogP contribution in [0.25, 0.3) is 11.0 Å². The number of halogens is 1. The molecule has 1 aliphatic heterocycles. The van der Waals surface area contributed by atoms with Crippen molar-refractivity contribution in [3.63, 3.8) is 0 Å². The van der Waals surface area contributed by atoms with Crippen molar-refractivity contribution in [2.75, 3.05) is 13.1 Å².